The van der Waals surface area contributed by atoms with Gasteiger partial charge in [0.15, 0.2) is 0 Å². The van der Waals surface area contributed by atoms with Crippen LogP contribution in [0.15, 0.2) is 28.7 Å². The highest BCUT2D eigenvalue weighted by Crippen LogP contribution is 2.19. The van der Waals surface area contributed by atoms with Crippen molar-refractivity contribution in [3.8, 4) is 0 Å². The third kappa shape index (κ3) is 5.26. The first-order valence-corrected chi connectivity index (χ1v) is 6.60. The van der Waals surface area contributed by atoms with Crippen molar-refractivity contribution in [1.29, 1.82) is 0 Å². The normalized spacial score (nSPS) is 10.7. The standard InChI is InChI=1S/C14H16BrNO3/c1-10-3-4-11(12(15)9-10)5-6-13(17)16(2)8-7-14(18)19/h3-6,9H,7-8H2,1-2H3,(H,18,19)/b6-5+. The van der Waals surface area contributed by atoms with E-state index >= 15 is 0 Å². The van der Waals surface area contributed by atoms with E-state index in [9.17, 15) is 9.59 Å². The molecule has 0 saturated carbocycles. The Bertz CT molecular complexity index is 511. The first kappa shape index (κ1) is 15.4. The smallest absolute Gasteiger partial charge is 0.305 e. The molecule has 1 aromatic carbocycles. The summed E-state index contributed by atoms with van der Waals surface area (Å²) in [5, 5.41) is 8.55. The minimum absolute atomic E-state index is 0.0513. The molecule has 1 N–H and O–H groups in total. The van der Waals surface area contributed by atoms with Gasteiger partial charge in [0.2, 0.25) is 5.91 Å². The van der Waals surface area contributed by atoms with Gasteiger partial charge in [-0.05, 0) is 30.2 Å². The van der Waals surface area contributed by atoms with Crippen molar-refractivity contribution in [2.45, 2.75) is 13.3 Å². The van der Waals surface area contributed by atoms with Crippen molar-refractivity contribution < 1.29 is 14.7 Å². The molecular formula is C14H16BrNO3. The van der Waals surface area contributed by atoms with Gasteiger partial charge in [0, 0.05) is 24.1 Å². The Morgan fingerprint density at radius 2 is 2.11 bits per heavy atom. The van der Waals surface area contributed by atoms with Gasteiger partial charge in [-0.3, -0.25) is 9.59 Å². The maximum Gasteiger partial charge on any atom is 0.305 e. The molecule has 0 heterocycles. The van der Waals surface area contributed by atoms with Crippen LogP contribution in [0.4, 0.5) is 0 Å². The molecule has 1 rings (SSSR count). The van der Waals surface area contributed by atoms with Gasteiger partial charge >= 0.3 is 5.97 Å². The number of carboxylic acids is 1. The average molecular weight is 326 g/mol. The summed E-state index contributed by atoms with van der Waals surface area (Å²) in [7, 11) is 1.58. The van der Waals surface area contributed by atoms with Crippen molar-refractivity contribution in [1.82, 2.24) is 4.90 Å². The number of carboxylic acid groups (broad SMARTS) is 1. The van der Waals surface area contributed by atoms with Crippen LogP contribution >= 0.6 is 15.9 Å². The number of hydrogen-bond donors (Lipinski definition) is 1. The van der Waals surface area contributed by atoms with Gasteiger partial charge in [-0.1, -0.05) is 28.1 Å². The van der Waals surface area contributed by atoms with E-state index in [1.807, 2.05) is 25.1 Å². The number of benzene rings is 1. The van der Waals surface area contributed by atoms with Crippen molar-refractivity contribution in [3.63, 3.8) is 0 Å². The van der Waals surface area contributed by atoms with Gasteiger partial charge in [0.1, 0.15) is 0 Å². The van der Waals surface area contributed by atoms with Crippen LogP contribution in [-0.4, -0.2) is 35.5 Å². The minimum atomic E-state index is -0.912. The number of carbonyl (C=O) groups is 2. The fraction of sp³-hybridized carbons (Fsp3) is 0.286. The van der Waals surface area contributed by atoms with Crippen molar-refractivity contribution in [3.05, 3.63) is 39.9 Å². The SMILES string of the molecule is Cc1ccc(/C=C/C(=O)N(C)CCC(=O)O)c(Br)c1. The number of amides is 1. The zero-order valence-corrected chi connectivity index (χ0v) is 12.5. The molecule has 102 valence electrons. The molecule has 4 nitrogen and oxygen atoms in total. The fourth-order valence-electron chi connectivity index (χ4n) is 1.43. The number of halogens is 1. The highest BCUT2D eigenvalue weighted by Gasteiger charge is 2.07. The first-order chi connectivity index (χ1) is 8.90. The summed E-state index contributed by atoms with van der Waals surface area (Å²) in [6.07, 6.45) is 3.10. The minimum Gasteiger partial charge on any atom is -0.481 e. The predicted octanol–water partition coefficient (Wildman–Crippen LogP) is 2.70. The summed E-state index contributed by atoms with van der Waals surface area (Å²) < 4.78 is 0.921. The zero-order valence-electron chi connectivity index (χ0n) is 10.9. The lowest BCUT2D eigenvalue weighted by Crippen LogP contribution is -2.27. The van der Waals surface area contributed by atoms with Crippen LogP contribution < -0.4 is 0 Å². The molecule has 0 bridgehead atoms. The number of rotatable bonds is 5. The van der Waals surface area contributed by atoms with Crippen LogP contribution in [0.3, 0.4) is 0 Å². The van der Waals surface area contributed by atoms with Crippen LogP contribution in [0, 0.1) is 6.92 Å². The van der Waals surface area contributed by atoms with Crippen molar-refractivity contribution >= 4 is 33.9 Å². The Labute approximate surface area is 120 Å². The monoisotopic (exact) mass is 325 g/mol. The number of aryl methyl sites for hydroxylation is 1. The summed E-state index contributed by atoms with van der Waals surface area (Å²) in [5.41, 5.74) is 2.04. The number of likely N-dealkylation sites (N-methyl/N-ethyl adjacent to an activating group) is 1. The van der Waals surface area contributed by atoms with Crippen LogP contribution in [0.5, 0.6) is 0 Å². The summed E-state index contributed by atoms with van der Waals surface area (Å²) in [4.78, 5) is 23.5. The molecule has 1 amide bonds. The molecule has 0 aliphatic rings. The van der Waals surface area contributed by atoms with E-state index in [0.29, 0.717) is 0 Å². The van der Waals surface area contributed by atoms with Gasteiger partial charge in [0.05, 0.1) is 6.42 Å². The van der Waals surface area contributed by atoms with Crippen LogP contribution in [0.25, 0.3) is 6.08 Å². The lowest BCUT2D eigenvalue weighted by atomic mass is 10.1. The van der Waals surface area contributed by atoms with E-state index in [4.69, 9.17) is 5.11 Å². The second-order valence-corrected chi connectivity index (χ2v) is 5.12. The predicted molar refractivity (Wildman–Crippen MR) is 77.8 cm³/mol. The van der Waals surface area contributed by atoms with Crippen molar-refractivity contribution in [2.24, 2.45) is 0 Å². The summed E-state index contributed by atoms with van der Waals surface area (Å²) in [5.74, 6) is -1.13. The molecule has 0 unspecified atom stereocenters. The second-order valence-electron chi connectivity index (χ2n) is 4.26. The highest BCUT2D eigenvalue weighted by molar-refractivity contribution is 9.10. The quantitative estimate of drug-likeness (QED) is 0.847. The molecule has 0 aliphatic carbocycles. The Kier molecular flexibility index (Phi) is 5.76. The Hall–Kier alpha value is -1.62. The molecule has 0 atom stereocenters. The van der Waals surface area contributed by atoms with Gasteiger partial charge < -0.3 is 10.0 Å². The van der Waals surface area contributed by atoms with Crippen LogP contribution in [0.2, 0.25) is 0 Å². The van der Waals surface area contributed by atoms with E-state index in [1.54, 1.807) is 13.1 Å². The molecule has 0 aliphatic heterocycles. The van der Waals surface area contributed by atoms with Crippen molar-refractivity contribution in [2.75, 3.05) is 13.6 Å². The van der Waals surface area contributed by atoms with Gasteiger partial charge in [-0.15, -0.1) is 0 Å². The van der Waals surface area contributed by atoms with E-state index in [-0.39, 0.29) is 18.9 Å². The van der Waals surface area contributed by atoms with Crippen LogP contribution in [0.1, 0.15) is 17.5 Å². The maximum atomic E-state index is 11.7. The Morgan fingerprint density at radius 3 is 2.68 bits per heavy atom. The molecule has 1 aromatic rings. The lowest BCUT2D eigenvalue weighted by Gasteiger charge is -2.13. The third-order valence-corrected chi connectivity index (χ3v) is 3.29. The molecule has 0 saturated heterocycles. The van der Waals surface area contributed by atoms with Gasteiger partial charge in [-0.2, -0.15) is 0 Å². The lowest BCUT2D eigenvalue weighted by molar-refractivity contribution is -0.137. The summed E-state index contributed by atoms with van der Waals surface area (Å²) in [6.45, 7) is 2.19. The van der Waals surface area contributed by atoms with Gasteiger partial charge in [0.25, 0.3) is 0 Å². The molecule has 19 heavy (non-hydrogen) atoms. The van der Waals surface area contributed by atoms with E-state index in [0.717, 1.165) is 15.6 Å². The topological polar surface area (TPSA) is 57.6 Å². The van der Waals surface area contributed by atoms with E-state index in [2.05, 4.69) is 15.9 Å². The maximum absolute atomic E-state index is 11.7. The molecular weight excluding hydrogens is 310 g/mol. The zero-order chi connectivity index (χ0) is 14.4. The first-order valence-electron chi connectivity index (χ1n) is 5.81. The largest absolute Gasteiger partial charge is 0.481 e. The van der Waals surface area contributed by atoms with E-state index < -0.39 is 5.97 Å². The Balaban J connectivity index is 2.65. The summed E-state index contributed by atoms with van der Waals surface area (Å²) in [6, 6.07) is 5.85. The van der Waals surface area contributed by atoms with E-state index in [1.165, 1.54) is 11.0 Å². The molecule has 0 radical (unpaired) electrons. The molecule has 0 aromatic heterocycles. The second kappa shape index (κ2) is 7.09. The number of hydrogen-bond acceptors (Lipinski definition) is 2. The molecule has 0 fully saturated rings. The molecule has 0 spiro atoms. The fourth-order valence-corrected chi connectivity index (χ4v) is 2.05. The third-order valence-electron chi connectivity index (χ3n) is 2.60. The number of aliphatic carboxylic acids is 1. The van der Waals surface area contributed by atoms with Crippen LogP contribution in [-0.2, 0) is 9.59 Å². The highest BCUT2D eigenvalue weighted by atomic mass is 79.9. The average Bonchev–Trinajstić information content (AvgIpc) is 2.34. The van der Waals surface area contributed by atoms with Gasteiger partial charge in [-0.25, -0.2) is 0 Å². The summed E-state index contributed by atoms with van der Waals surface area (Å²) >= 11 is 3.43. The number of nitrogens with zero attached hydrogens (tertiary/aromatic N) is 1. The Morgan fingerprint density at radius 1 is 1.42 bits per heavy atom. The number of carbonyl (C=O) groups excluding carboxylic acids is 1. The molecule has 5 heteroatoms.